The second kappa shape index (κ2) is 4.11. The summed E-state index contributed by atoms with van der Waals surface area (Å²) in [6.07, 6.45) is 1.05. The van der Waals surface area contributed by atoms with Crippen LogP contribution in [-0.4, -0.2) is 21.3 Å². The molecule has 3 N–H and O–H groups in total. The third-order valence-electron chi connectivity index (χ3n) is 1.68. The van der Waals surface area contributed by atoms with Crippen molar-refractivity contribution in [3.05, 3.63) is 0 Å². The van der Waals surface area contributed by atoms with Crippen LogP contribution in [0.3, 0.4) is 0 Å². The summed E-state index contributed by atoms with van der Waals surface area (Å²) >= 11 is 0. The van der Waals surface area contributed by atoms with E-state index in [0.29, 0.717) is 11.9 Å². The Labute approximate surface area is 78.3 Å². The van der Waals surface area contributed by atoms with E-state index in [1.807, 2.05) is 13.8 Å². The van der Waals surface area contributed by atoms with Gasteiger partial charge in [-0.25, -0.2) is 4.68 Å². The highest BCUT2D eigenvalue weighted by atomic mass is 15.4. The van der Waals surface area contributed by atoms with E-state index in [4.69, 9.17) is 5.73 Å². The molecule has 0 amide bonds. The zero-order chi connectivity index (χ0) is 9.84. The second-order valence-corrected chi connectivity index (χ2v) is 3.26. The van der Waals surface area contributed by atoms with Crippen LogP contribution in [0.2, 0.25) is 0 Å². The quantitative estimate of drug-likeness (QED) is 0.737. The van der Waals surface area contributed by atoms with E-state index in [2.05, 4.69) is 22.3 Å². The Morgan fingerprint density at radius 2 is 2.23 bits per heavy atom. The van der Waals surface area contributed by atoms with Gasteiger partial charge >= 0.3 is 0 Å². The lowest BCUT2D eigenvalue weighted by Crippen LogP contribution is -2.07. The summed E-state index contributed by atoms with van der Waals surface area (Å²) in [6, 6.07) is 0.254. The summed E-state index contributed by atoms with van der Waals surface area (Å²) in [5.41, 5.74) is 5.66. The second-order valence-electron chi connectivity index (χ2n) is 3.26. The van der Waals surface area contributed by atoms with Crippen LogP contribution >= 0.6 is 0 Å². The van der Waals surface area contributed by atoms with Gasteiger partial charge < -0.3 is 11.1 Å². The fraction of sp³-hybridized carbons (Fsp3) is 0.750. The van der Waals surface area contributed by atoms with Crippen molar-refractivity contribution in [2.24, 2.45) is 0 Å². The Morgan fingerprint density at radius 3 is 2.69 bits per heavy atom. The maximum absolute atomic E-state index is 5.66. The predicted octanol–water partition coefficient (Wildman–Crippen LogP) is 1.26. The number of nitrogen functional groups attached to an aromatic ring is 1. The molecule has 5 nitrogen and oxygen atoms in total. The minimum Gasteiger partial charge on any atom is -0.368 e. The Kier molecular flexibility index (Phi) is 3.11. The Morgan fingerprint density at radius 1 is 1.54 bits per heavy atom. The summed E-state index contributed by atoms with van der Waals surface area (Å²) in [4.78, 5) is 4.09. The average Bonchev–Trinajstić information content (AvgIpc) is 2.43. The first-order valence-corrected chi connectivity index (χ1v) is 4.61. The Balaban J connectivity index is 2.71. The largest absolute Gasteiger partial charge is 0.368 e. The summed E-state index contributed by atoms with van der Waals surface area (Å²) in [5, 5.41) is 7.30. The minimum atomic E-state index is 0.254. The van der Waals surface area contributed by atoms with Crippen molar-refractivity contribution in [1.82, 2.24) is 14.8 Å². The molecule has 13 heavy (non-hydrogen) atoms. The van der Waals surface area contributed by atoms with Crippen LogP contribution in [-0.2, 0) is 0 Å². The Hall–Kier alpha value is -1.26. The first-order valence-electron chi connectivity index (χ1n) is 4.61. The molecule has 1 heterocycles. The van der Waals surface area contributed by atoms with Crippen LogP contribution in [0.1, 0.15) is 33.2 Å². The molecule has 1 aromatic heterocycles. The van der Waals surface area contributed by atoms with Gasteiger partial charge in [0.2, 0.25) is 11.9 Å². The molecule has 0 aromatic carbocycles. The predicted molar refractivity (Wildman–Crippen MR) is 53.6 cm³/mol. The van der Waals surface area contributed by atoms with E-state index >= 15 is 0 Å². The number of nitrogens with zero attached hydrogens (tertiary/aromatic N) is 3. The first kappa shape index (κ1) is 9.83. The maximum atomic E-state index is 5.66. The van der Waals surface area contributed by atoms with E-state index in [1.54, 1.807) is 4.68 Å². The average molecular weight is 183 g/mol. The lowest BCUT2D eigenvalue weighted by molar-refractivity contribution is 0.541. The number of rotatable bonds is 4. The molecule has 0 spiro atoms. The summed E-state index contributed by atoms with van der Waals surface area (Å²) in [7, 11) is 0. The van der Waals surface area contributed by atoms with E-state index in [9.17, 15) is 0 Å². The van der Waals surface area contributed by atoms with Gasteiger partial charge in [-0.2, -0.15) is 4.98 Å². The number of aromatic nitrogens is 3. The molecule has 0 radical (unpaired) electrons. The van der Waals surface area contributed by atoms with Crippen molar-refractivity contribution < 1.29 is 0 Å². The van der Waals surface area contributed by atoms with Gasteiger partial charge in [-0.3, -0.25) is 0 Å². The maximum Gasteiger partial charge on any atom is 0.243 e. The molecule has 5 heteroatoms. The number of hydrogen-bond acceptors (Lipinski definition) is 4. The lowest BCUT2D eigenvalue weighted by Gasteiger charge is -2.04. The molecule has 0 aliphatic heterocycles. The zero-order valence-corrected chi connectivity index (χ0v) is 8.41. The van der Waals surface area contributed by atoms with Gasteiger partial charge in [-0.1, -0.05) is 6.92 Å². The monoisotopic (exact) mass is 183 g/mol. The van der Waals surface area contributed by atoms with Gasteiger partial charge in [0.15, 0.2) is 0 Å². The van der Waals surface area contributed by atoms with E-state index < -0.39 is 0 Å². The number of anilines is 2. The third kappa shape index (κ3) is 2.34. The van der Waals surface area contributed by atoms with E-state index in [1.165, 1.54) is 0 Å². The third-order valence-corrected chi connectivity index (χ3v) is 1.68. The van der Waals surface area contributed by atoms with Crippen LogP contribution in [0.4, 0.5) is 11.9 Å². The van der Waals surface area contributed by atoms with Gasteiger partial charge in [0, 0.05) is 6.54 Å². The first-order chi connectivity index (χ1) is 6.15. The summed E-state index contributed by atoms with van der Waals surface area (Å²) in [6.45, 7) is 7.01. The number of nitrogens with one attached hydrogen (secondary N) is 1. The lowest BCUT2D eigenvalue weighted by atomic mass is 10.4. The molecule has 0 saturated heterocycles. The molecule has 1 rings (SSSR count). The van der Waals surface area contributed by atoms with Crippen molar-refractivity contribution in [3.63, 3.8) is 0 Å². The number of nitrogens with two attached hydrogens (primary N) is 1. The fourth-order valence-electron chi connectivity index (χ4n) is 1.03. The standard InChI is InChI=1S/C8H17N5/c1-4-5-10-8-11-7(9)13(12-8)6(2)3/h6H,4-5H2,1-3H3,(H3,9,10,11,12). The molecule has 1 aromatic rings. The van der Waals surface area contributed by atoms with Crippen LogP contribution < -0.4 is 11.1 Å². The van der Waals surface area contributed by atoms with E-state index in [0.717, 1.165) is 13.0 Å². The molecule has 0 fully saturated rings. The van der Waals surface area contributed by atoms with Crippen molar-refractivity contribution in [2.45, 2.75) is 33.2 Å². The van der Waals surface area contributed by atoms with Crippen molar-refractivity contribution >= 4 is 11.9 Å². The van der Waals surface area contributed by atoms with E-state index in [-0.39, 0.29) is 6.04 Å². The highest BCUT2D eigenvalue weighted by Crippen LogP contribution is 2.11. The van der Waals surface area contributed by atoms with Crippen LogP contribution in [0.5, 0.6) is 0 Å². The molecular weight excluding hydrogens is 166 g/mol. The van der Waals surface area contributed by atoms with Crippen molar-refractivity contribution in [2.75, 3.05) is 17.6 Å². The van der Waals surface area contributed by atoms with Gasteiger partial charge in [-0.15, -0.1) is 5.10 Å². The van der Waals surface area contributed by atoms with Crippen LogP contribution in [0.25, 0.3) is 0 Å². The van der Waals surface area contributed by atoms with Crippen molar-refractivity contribution in [3.8, 4) is 0 Å². The topological polar surface area (TPSA) is 68.8 Å². The number of hydrogen-bond donors (Lipinski definition) is 2. The normalized spacial score (nSPS) is 10.8. The summed E-state index contributed by atoms with van der Waals surface area (Å²) < 4.78 is 1.71. The van der Waals surface area contributed by atoms with Crippen LogP contribution in [0.15, 0.2) is 0 Å². The highest BCUT2D eigenvalue weighted by molar-refractivity contribution is 5.31. The smallest absolute Gasteiger partial charge is 0.243 e. The molecular formula is C8H17N5. The minimum absolute atomic E-state index is 0.254. The molecule has 74 valence electrons. The molecule has 0 saturated carbocycles. The zero-order valence-electron chi connectivity index (χ0n) is 8.41. The summed E-state index contributed by atoms with van der Waals surface area (Å²) in [5.74, 6) is 1.08. The molecule has 0 aliphatic rings. The van der Waals surface area contributed by atoms with Gasteiger partial charge in [0.1, 0.15) is 0 Å². The Bertz CT molecular complexity index is 265. The molecule has 0 bridgehead atoms. The van der Waals surface area contributed by atoms with Gasteiger partial charge in [0.25, 0.3) is 0 Å². The van der Waals surface area contributed by atoms with Crippen LogP contribution in [0, 0.1) is 0 Å². The molecule has 0 unspecified atom stereocenters. The van der Waals surface area contributed by atoms with Crippen molar-refractivity contribution in [1.29, 1.82) is 0 Å². The van der Waals surface area contributed by atoms with Gasteiger partial charge in [-0.05, 0) is 20.3 Å². The van der Waals surface area contributed by atoms with Gasteiger partial charge in [0.05, 0.1) is 6.04 Å². The molecule has 0 aliphatic carbocycles. The molecule has 0 atom stereocenters. The SMILES string of the molecule is CCCNc1nc(N)n(C(C)C)n1. The highest BCUT2D eigenvalue weighted by Gasteiger charge is 2.07. The fourth-order valence-corrected chi connectivity index (χ4v) is 1.03.